The average molecular weight is 486 g/mol. The Hall–Kier alpha value is -3.13. The van der Waals surface area contributed by atoms with Crippen molar-refractivity contribution in [1.82, 2.24) is 10.2 Å². The SMILES string of the molecule is Cc1ccc(S(=O)(=O)O)cc1.N#C[C@@H]1CCCN1C(=O)[C@@H]1C[C@H](c2ccc3c(c2)OCO3)CN1. The van der Waals surface area contributed by atoms with Crippen LogP contribution in [0.15, 0.2) is 47.4 Å². The van der Waals surface area contributed by atoms with Gasteiger partial charge in [-0.3, -0.25) is 9.35 Å². The van der Waals surface area contributed by atoms with Crippen LogP contribution in [0.25, 0.3) is 0 Å². The van der Waals surface area contributed by atoms with Gasteiger partial charge in [0.1, 0.15) is 6.04 Å². The van der Waals surface area contributed by atoms with Crippen LogP contribution >= 0.6 is 0 Å². The zero-order valence-corrected chi connectivity index (χ0v) is 19.6. The summed E-state index contributed by atoms with van der Waals surface area (Å²) in [4.78, 5) is 14.3. The maximum absolute atomic E-state index is 12.6. The van der Waals surface area contributed by atoms with E-state index in [0.29, 0.717) is 6.54 Å². The van der Waals surface area contributed by atoms with Crippen LogP contribution in [0.3, 0.4) is 0 Å². The third-order valence-corrected chi connectivity index (χ3v) is 7.17. The minimum atomic E-state index is -4.02. The lowest BCUT2D eigenvalue weighted by Crippen LogP contribution is -2.45. The predicted molar refractivity (Wildman–Crippen MR) is 123 cm³/mol. The first-order chi connectivity index (χ1) is 16.3. The quantitative estimate of drug-likeness (QED) is 0.635. The van der Waals surface area contributed by atoms with Crippen LogP contribution in [0.5, 0.6) is 11.5 Å². The molecule has 2 aromatic carbocycles. The molecule has 0 bridgehead atoms. The Kier molecular flexibility index (Phi) is 7.07. The summed E-state index contributed by atoms with van der Waals surface area (Å²) in [5.74, 6) is 1.90. The third-order valence-electron chi connectivity index (χ3n) is 6.30. The molecule has 3 heterocycles. The number of ether oxygens (including phenoxy) is 2. The number of carbonyl (C=O) groups excluding carboxylic acids is 1. The monoisotopic (exact) mass is 485 g/mol. The van der Waals surface area contributed by atoms with Gasteiger partial charge < -0.3 is 19.7 Å². The summed E-state index contributed by atoms with van der Waals surface area (Å²) in [6, 6.07) is 13.8. The summed E-state index contributed by atoms with van der Waals surface area (Å²) >= 11 is 0. The molecule has 0 unspecified atom stereocenters. The smallest absolute Gasteiger partial charge is 0.294 e. The highest BCUT2D eigenvalue weighted by Gasteiger charge is 2.37. The van der Waals surface area contributed by atoms with Crippen LogP contribution in [-0.4, -0.2) is 55.7 Å². The van der Waals surface area contributed by atoms with Gasteiger partial charge in [0.05, 0.1) is 17.0 Å². The zero-order valence-electron chi connectivity index (χ0n) is 18.8. The van der Waals surface area contributed by atoms with Gasteiger partial charge in [-0.05, 0) is 61.9 Å². The van der Waals surface area contributed by atoms with Crippen molar-refractivity contribution in [2.45, 2.75) is 49.1 Å². The van der Waals surface area contributed by atoms with Gasteiger partial charge in [0.25, 0.3) is 10.1 Å². The van der Waals surface area contributed by atoms with Gasteiger partial charge in [-0.15, -0.1) is 0 Å². The molecule has 2 N–H and O–H groups in total. The molecule has 3 aliphatic heterocycles. The highest BCUT2D eigenvalue weighted by atomic mass is 32.2. The summed E-state index contributed by atoms with van der Waals surface area (Å²) in [7, 11) is -4.02. The molecular formula is C24H27N3O6S. The van der Waals surface area contributed by atoms with E-state index in [9.17, 15) is 13.2 Å². The van der Waals surface area contributed by atoms with Crippen molar-refractivity contribution in [3.05, 3.63) is 53.6 Å². The van der Waals surface area contributed by atoms with Crippen LogP contribution in [0.2, 0.25) is 0 Å². The van der Waals surface area contributed by atoms with Crippen LogP contribution in [-0.2, 0) is 14.9 Å². The van der Waals surface area contributed by atoms with Crippen molar-refractivity contribution in [1.29, 1.82) is 5.26 Å². The second kappa shape index (κ2) is 10.0. The van der Waals surface area contributed by atoms with Gasteiger partial charge in [-0.2, -0.15) is 13.7 Å². The molecule has 0 aromatic heterocycles. The summed E-state index contributed by atoms with van der Waals surface area (Å²) in [6.45, 7) is 3.58. The zero-order chi connectivity index (χ0) is 24.3. The molecule has 2 aromatic rings. The van der Waals surface area contributed by atoms with Crippen molar-refractivity contribution in [3.8, 4) is 17.6 Å². The van der Waals surface area contributed by atoms with Crippen molar-refractivity contribution in [2.75, 3.05) is 19.9 Å². The fraction of sp³-hybridized carbons (Fsp3) is 0.417. The summed E-state index contributed by atoms with van der Waals surface area (Å²) in [6.07, 6.45) is 2.47. The largest absolute Gasteiger partial charge is 0.454 e. The Labute approximate surface area is 199 Å². The molecule has 3 atom stereocenters. The van der Waals surface area contributed by atoms with E-state index < -0.39 is 10.1 Å². The number of fused-ring (bicyclic) bond motifs is 1. The molecule has 1 amide bonds. The van der Waals surface area contributed by atoms with Crippen LogP contribution in [0, 0.1) is 18.3 Å². The van der Waals surface area contributed by atoms with Crippen molar-refractivity contribution in [2.24, 2.45) is 0 Å². The molecule has 0 saturated carbocycles. The Morgan fingerprint density at radius 3 is 2.62 bits per heavy atom. The standard InChI is InChI=1S/C17H19N3O3.C7H8O3S/c18-8-13-2-1-5-20(13)17(21)14-6-12(9-19-14)11-3-4-15-16(7-11)23-10-22-15;1-6-2-4-7(5-3-6)11(8,9)10/h3-4,7,12-14,19H,1-2,5-6,9-10H2;2-5H,1H3,(H,8,9,10)/t12-,13-,14-;/m0./s1. The van der Waals surface area contributed by atoms with E-state index in [1.54, 1.807) is 17.0 Å². The lowest BCUT2D eigenvalue weighted by molar-refractivity contribution is -0.133. The molecule has 2 saturated heterocycles. The number of benzene rings is 2. The van der Waals surface area contributed by atoms with E-state index in [0.717, 1.165) is 48.4 Å². The molecule has 34 heavy (non-hydrogen) atoms. The minimum Gasteiger partial charge on any atom is -0.454 e. The molecule has 10 heteroatoms. The number of likely N-dealkylation sites (tertiary alicyclic amines) is 1. The van der Waals surface area contributed by atoms with E-state index in [1.807, 2.05) is 25.1 Å². The Balaban J connectivity index is 0.000000210. The highest BCUT2D eigenvalue weighted by molar-refractivity contribution is 7.85. The van der Waals surface area contributed by atoms with Crippen LogP contribution in [0.1, 0.15) is 36.3 Å². The number of amides is 1. The minimum absolute atomic E-state index is 0.0666. The van der Waals surface area contributed by atoms with Crippen LogP contribution < -0.4 is 14.8 Å². The number of nitrogens with one attached hydrogen (secondary N) is 1. The molecule has 9 nitrogen and oxygen atoms in total. The number of nitriles is 1. The number of hydrogen-bond acceptors (Lipinski definition) is 7. The van der Waals surface area contributed by atoms with Crippen molar-refractivity contribution in [3.63, 3.8) is 0 Å². The summed E-state index contributed by atoms with van der Waals surface area (Å²) in [5.41, 5.74) is 2.12. The lowest BCUT2D eigenvalue weighted by atomic mass is 9.95. The van der Waals surface area contributed by atoms with Gasteiger partial charge in [0, 0.05) is 13.1 Å². The maximum Gasteiger partial charge on any atom is 0.294 e. The Morgan fingerprint density at radius 2 is 1.91 bits per heavy atom. The highest BCUT2D eigenvalue weighted by Crippen LogP contribution is 2.37. The fourth-order valence-electron chi connectivity index (χ4n) is 4.42. The van der Waals surface area contributed by atoms with Gasteiger partial charge in [-0.1, -0.05) is 23.8 Å². The van der Waals surface area contributed by atoms with E-state index in [4.69, 9.17) is 19.3 Å². The second-order valence-corrected chi connectivity index (χ2v) is 10.0. The Morgan fingerprint density at radius 1 is 1.18 bits per heavy atom. The van der Waals surface area contributed by atoms with Gasteiger partial charge in [0.15, 0.2) is 11.5 Å². The van der Waals surface area contributed by atoms with Gasteiger partial charge in [0.2, 0.25) is 12.7 Å². The molecule has 0 aliphatic carbocycles. The van der Waals surface area contributed by atoms with E-state index in [-0.39, 0.29) is 35.6 Å². The maximum atomic E-state index is 12.6. The second-order valence-electron chi connectivity index (χ2n) is 8.61. The molecular weight excluding hydrogens is 458 g/mol. The third kappa shape index (κ3) is 5.33. The number of rotatable bonds is 3. The van der Waals surface area contributed by atoms with Crippen molar-refractivity contribution >= 4 is 16.0 Å². The van der Waals surface area contributed by atoms with E-state index in [2.05, 4.69) is 11.4 Å². The van der Waals surface area contributed by atoms with Gasteiger partial charge >= 0.3 is 0 Å². The molecule has 5 rings (SSSR count). The topological polar surface area (TPSA) is 129 Å². The van der Waals surface area contributed by atoms with Crippen LogP contribution in [0.4, 0.5) is 0 Å². The number of aryl methyl sites for hydroxylation is 1. The number of nitrogens with zero attached hydrogens (tertiary/aromatic N) is 2. The molecule has 2 fully saturated rings. The molecule has 3 aliphatic rings. The van der Waals surface area contributed by atoms with Gasteiger partial charge in [-0.25, -0.2) is 0 Å². The first-order valence-electron chi connectivity index (χ1n) is 11.1. The fourth-order valence-corrected chi connectivity index (χ4v) is 4.90. The molecule has 0 spiro atoms. The molecule has 180 valence electrons. The summed E-state index contributed by atoms with van der Waals surface area (Å²) < 4.78 is 40.3. The Bertz CT molecular complexity index is 1190. The first-order valence-corrected chi connectivity index (χ1v) is 12.6. The molecule has 0 radical (unpaired) electrons. The predicted octanol–water partition coefficient (Wildman–Crippen LogP) is 2.62. The first kappa shape index (κ1) is 24.0. The lowest BCUT2D eigenvalue weighted by Gasteiger charge is -2.23. The van der Waals surface area contributed by atoms with E-state index in [1.165, 1.54) is 12.1 Å². The average Bonchev–Trinajstić information content (AvgIpc) is 3.58. The number of carbonyl (C=O) groups is 1. The number of hydrogen-bond donors (Lipinski definition) is 2. The summed E-state index contributed by atoms with van der Waals surface area (Å²) in [5, 5.41) is 12.5. The normalized spacial score (nSPS) is 23.2. The van der Waals surface area contributed by atoms with E-state index >= 15 is 0 Å². The van der Waals surface area contributed by atoms with Crippen molar-refractivity contribution < 1.29 is 27.2 Å².